The van der Waals surface area contributed by atoms with Crippen LogP contribution in [-0.4, -0.2) is 0 Å². The molecule has 0 aliphatic heterocycles. The van der Waals surface area contributed by atoms with E-state index in [2.05, 4.69) is 13.0 Å². The maximum atomic E-state index is 8.37. The Morgan fingerprint density at radius 3 is 2.40 bits per heavy atom. The molecule has 0 heterocycles. The predicted octanol–water partition coefficient (Wildman–Crippen LogP) is 2.89. The second kappa shape index (κ2) is 5.05. The minimum Gasteiger partial charge on any atom is -0.193 e. The fraction of sp³-hybridized carbons (Fsp3) is 0.667. The molecule has 0 fully saturated rings. The van der Waals surface area contributed by atoms with Gasteiger partial charge in [-0.05, 0) is 18.8 Å². The second-order valence-electron chi connectivity index (χ2n) is 2.39. The van der Waals surface area contributed by atoms with Crippen molar-refractivity contribution in [1.29, 1.82) is 5.26 Å². The summed E-state index contributed by atoms with van der Waals surface area (Å²) in [6, 6.07) is 2.16. The van der Waals surface area contributed by atoms with Crippen molar-refractivity contribution in [2.24, 2.45) is 5.92 Å². The zero-order chi connectivity index (χ0) is 7.98. The number of hydrogen-bond acceptors (Lipinski definition) is 1. The molecule has 1 heteroatoms. The summed E-state index contributed by atoms with van der Waals surface area (Å²) in [6.07, 6.45) is 4.13. The normalized spacial score (nSPS) is 22.2. The summed E-state index contributed by atoms with van der Waals surface area (Å²) in [5.74, 6) is 0.713. The van der Waals surface area contributed by atoms with E-state index in [0.717, 1.165) is 18.4 Å². The molecule has 1 rings (SSSR count). The van der Waals surface area contributed by atoms with E-state index in [1.54, 1.807) is 0 Å². The molecular formula is C9H15N. The summed E-state index contributed by atoms with van der Waals surface area (Å²) in [5.41, 5.74) is 0.970. The average Bonchev–Trinajstić information content (AvgIpc) is 2.40. The molecule has 0 aromatic carbocycles. The Balaban J connectivity index is 0.000000371. The molecule has 0 amide bonds. The summed E-state index contributed by atoms with van der Waals surface area (Å²) in [7, 11) is 0. The number of rotatable bonds is 0. The number of allylic oxidation sites excluding steroid dienone is 2. The third-order valence-corrected chi connectivity index (χ3v) is 1.48. The van der Waals surface area contributed by atoms with E-state index in [-0.39, 0.29) is 0 Å². The molecular weight excluding hydrogens is 122 g/mol. The topological polar surface area (TPSA) is 23.8 Å². The van der Waals surface area contributed by atoms with Crippen molar-refractivity contribution in [3.63, 3.8) is 0 Å². The van der Waals surface area contributed by atoms with Crippen LogP contribution in [-0.2, 0) is 0 Å². The SMILES string of the molecule is CC.CC1CC=C(C#N)C1. The minimum atomic E-state index is 0.713. The molecule has 56 valence electrons. The van der Waals surface area contributed by atoms with Crippen LogP contribution in [0.4, 0.5) is 0 Å². The van der Waals surface area contributed by atoms with E-state index < -0.39 is 0 Å². The van der Waals surface area contributed by atoms with Gasteiger partial charge in [0.2, 0.25) is 0 Å². The Kier molecular flexibility index (Phi) is 4.66. The Bertz CT molecular complexity index is 151. The van der Waals surface area contributed by atoms with Crippen molar-refractivity contribution in [3.05, 3.63) is 11.6 Å². The van der Waals surface area contributed by atoms with Gasteiger partial charge < -0.3 is 0 Å². The zero-order valence-electron chi connectivity index (χ0n) is 7.02. The lowest BCUT2D eigenvalue weighted by Gasteiger charge is -1.93. The molecule has 0 spiro atoms. The van der Waals surface area contributed by atoms with Crippen LogP contribution in [0.3, 0.4) is 0 Å². The van der Waals surface area contributed by atoms with Gasteiger partial charge in [0.05, 0.1) is 6.07 Å². The highest BCUT2D eigenvalue weighted by atomic mass is 14.3. The smallest absolute Gasteiger partial charge is 0.0943 e. The molecule has 0 aromatic heterocycles. The first-order valence-electron chi connectivity index (χ1n) is 3.92. The molecule has 1 aliphatic rings. The van der Waals surface area contributed by atoms with Gasteiger partial charge in [-0.25, -0.2) is 0 Å². The number of hydrogen-bond donors (Lipinski definition) is 0. The number of nitriles is 1. The van der Waals surface area contributed by atoms with Crippen molar-refractivity contribution < 1.29 is 0 Å². The summed E-state index contributed by atoms with van der Waals surface area (Å²) in [4.78, 5) is 0. The monoisotopic (exact) mass is 137 g/mol. The van der Waals surface area contributed by atoms with Gasteiger partial charge in [0.15, 0.2) is 0 Å². The molecule has 1 unspecified atom stereocenters. The van der Waals surface area contributed by atoms with E-state index in [1.165, 1.54) is 0 Å². The van der Waals surface area contributed by atoms with Gasteiger partial charge in [0.1, 0.15) is 0 Å². The van der Waals surface area contributed by atoms with E-state index >= 15 is 0 Å². The minimum absolute atomic E-state index is 0.713. The van der Waals surface area contributed by atoms with Crippen LogP contribution in [0.5, 0.6) is 0 Å². The first kappa shape index (κ1) is 9.23. The molecule has 0 saturated carbocycles. The summed E-state index contributed by atoms with van der Waals surface area (Å²) >= 11 is 0. The molecule has 0 aromatic rings. The zero-order valence-corrected chi connectivity index (χ0v) is 7.02. The van der Waals surface area contributed by atoms with Gasteiger partial charge in [-0.2, -0.15) is 5.26 Å². The van der Waals surface area contributed by atoms with Crippen molar-refractivity contribution >= 4 is 0 Å². The average molecular weight is 137 g/mol. The van der Waals surface area contributed by atoms with Gasteiger partial charge >= 0.3 is 0 Å². The third kappa shape index (κ3) is 2.68. The lowest BCUT2D eigenvalue weighted by atomic mass is 10.1. The predicted molar refractivity (Wildman–Crippen MR) is 43.4 cm³/mol. The molecule has 1 atom stereocenters. The van der Waals surface area contributed by atoms with Crippen molar-refractivity contribution in [3.8, 4) is 6.07 Å². The summed E-state index contributed by atoms with van der Waals surface area (Å²) in [5, 5.41) is 8.37. The first-order valence-corrected chi connectivity index (χ1v) is 3.92. The quantitative estimate of drug-likeness (QED) is 0.503. The van der Waals surface area contributed by atoms with Crippen LogP contribution in [0.15, 0.2) is 11.6 Å². The van der Waals surface area contributed by atoms with Crippen molar-refractivity contribution in [2.45, 2.75) is 33.6 Å². The van der Waals surface area contributed by atoms with Gasteiger partial charge in [-0.1, -0.05) is 26.8 Å². The first-order chi connectivity index (χ1) is 4.83. The summed E-state index contributed by atoms with van der Waals surface area (Å²) in [6.45, 7) is 6.17. The van der Waals surface area contributed by atoms with E-state index in [4.69, 9.17) is 5.26 Å². The molecule has 0 N–H and O–H groups in total. The second-order valence-corrected chi connectivity index (χ2v) is 2.39. The highest BCUT2D eigenvalue weighted by Crippen LogP contribution is 2.22. The van der Waals surface area contributed by atoms with Gasteiger partial charge in [0, 0.05) is 5.57 Å². The molecule has 1 aliphatic carbocycles. The van der Waals surface area contributed by atoms with E-state index in [1.807, 2.05) is 19.9 Å². The lowest BCUT2D eigenvalue weighted by Crippen LogP contribution is -1.83. The lowest BCUT2D eigenvalue weighted by molar-refractivity contribution is 0.632. The highest BCUT2D eigenvalue weighted by Gasteiger charge is 2.10. The van der Waals surface area contributed by atoms with Crippen LogP contribution in [0, 0.1) is 17.2 Å². The van der Waals surface area contributed by atoms with Crippen LogP contribution >= 0.6 is 0 Å². The maximum Gasteiger partial charge on any atom is 0.0943 e. The van der Waals surface area contributed by atoms with Gasteiger partial charge in [-0.15, -0.1) is 0 Å². The van der Waals surface area contributed by atoms with Crippen LogP contribution in [0.1, 0.15) is 33.6 Å². The molecule has 1 nitrogen and oxygen atoms in total. The standard InChI is InChI=1S/C7H9N.C2H6/c1-6-2-3-7(4-6)5-8;1-2/h3,6H,2,4H2,1H3;1-2H3. The van der Waals surface area contributed by atoms with E-state index in [0.29, 0.717) is 5.92 Å². The van der Waals surface area contributed by atoms with Crippen LogP contribution in [0.25, 0.3) is 0 Å². The summed E-state index contributed by atoms with van der Waals surface area (Å²) < 4.78 is 0. The van der Waals surface area contributed by atoms with Crippen LogP contribution in [0.2, 0.25) is 0 Å². The Hall–Kier alpha value is -0.770. The van der Waals surface area contributed by atoms with E-state index in [9.17, 15) is 0 Å². The largest absolute Gasteiger partial charge is 0.193 e. The Morgan fingerprint density at radius 1 is 1.60 bits per heavy atom. The van der Waals surface area contributed by atoms with Crippen molar-refractivity contribution in [2.75, 3.05) is 0 Å². The third-order valence-electron chi connectivity index (χ3n) is 1.48. The Morgan fingerprint density at radius 2 is 2.20 bits per heavy atom. The molecule has 0 saturated heterocycles. The maximum absolute atomic E-state index is 8.37. The fourth-order valence-corrected chi connectivity index (χ4v) is 0.977. The van der Waals surface area contributed by atoms with Gasteiger partial charge in [0.25, 0.3) is 0 Å². The van der Waals surface area contributed by atoms with Crippen LogP contribution < -0.4 is 0 Å². The van der Waals surface area contributed by atoms with Crippen molar-refractivity contribution in [1.82, 2.24) is 0 Å². The highest BCUT2D eigenvalue weighted by molar-refractivity contribution is 5.24. The van der Waals surface area contributed by atoms with Gasteiger partial charge in [-0.3, -0.25) is 0 Å². The fourth-order valence-electron chi connectivity index (χ4n) is 0.977. The molecule has 0 radical (unpaired) electrons. The molecule has 0 bridgehead atoms. The Labute approximate surface area is 63.4 Å². The number of nitrogens with zero attached hydrogens (tertiary/aromatic N) is 1. The molecule has 10 heavy (non-hydrogen) atoms.